The molecule has 19 heavy (non-hydrogen) atoms. The summed E-state index contributed by atoms with van der Waals surface area (Å²) < 4.78 is 6.90. The fourth-order valence-corrected chi connectivity index (χ4v) is 2.26. The average molecular weight is 267 g/mol. The zero-order valence-electron chi connectivity index (χ0n) is 11.2. The van der Waals surface area contributed by atoms with Gasteiger partial charge in [-0.2, -0.15) is 0 Å². The van der Waals surface area contributed by atoms with E-state index < -0.39 is 0 Å². The SMILES string of the molecule is CC(NC(=O)c1cn(CCN)nn1)C1CCOCC1. The van der Waals surface area contributed by atoms with Crippen molar-refractivity contribution in [2.24, 2.45) is 11.7 Å². The van der Waals surface area contributed by atoms with E-state index in [1.165, 1.54) is 0 Å². The lowest BCUT2D eigenvalue weighted by Crippen LogP contribution is -2.40. The largest absolute Gasteiger partial charge is 0.381 e. The molecule has 2 heterocycles. The molecule has 0 radical (unpaired) electrons. The van der Waals surface area contributed by atoms with Gasteiger partial charge in [0, 0.05) is 25.8 Å². The minimum absolute atomic E-state index is 0.121. The predicted molar refractivity (Wildman–Crippen MR) is 69.5 cm³/mol. The molecule has 1 aliphatic rings. The maximum absolute atomic E-state index is 12.0. The fourth-order valence-electron chi connectivity index (χ4n) is 2.26. The molecule has 0 bridgehead atoms. The van der Waals surface area contributed by atoms with Gasteiger partial charge in [0.05, 0.1) is 12.7 Å². The van der Waals surface area contributed by atoms with Crippen molar-refractivity contribution >= 4 is 5.91 Å². The van der Waals surface area contributed by atoms with Crippen LogP contribution in [0.2, 0.25) is 0 Å². The van der Waals surface area contributed by atoms with Crippen molar-refractivity contribution in [1.82, 2.24) is 20.3 Å². The Bertz CT molecular complexity index is 414. The van der Waals surface area contributed by atoms with Gasteiger partial charge in [-0.1, -0.05) is 5.21 Å². The molecule has 1 aliphatic heterocycles. The van der Waals surface area contributed by atoms with E-state index in [1.54, 1.807) is 10.9 Å². The van der Waals surface area contributed by atoms with E-state index >= 15 is 0 Å². The molecular formula is C12H21N5O2. The Morgan fingerprint density at radius 3 is 3.05 bits per heavy atom. The van der Waals surface area contributed by atoms with Crippen LogP contribution in [0.15, 0.2) is 6.20 Å². The molecule has 1 atom stereocenters. The van der Waals surface area contributed by atoms with Crippen LogP contribution in [-0.2, 0) is 11.3 Å². The minimum atomic E-state index is -0.178. The second-order valence-corrected chi connectivity index (χ2v) is 4.87. The van der Waals surface area contributed by atoms with Gasteiger partial charge in [0.1, 0.15) is 0 Å². The molecule has 106 valence electrons. The van der Waals surface area contributed by atoms with Gasteiger partial charge in [0.2, 0.25) is 0 Å². The van der Waals surface area contributed by atoms with Gasteiger partial charge in [0.15, 0.2) is 5.69 Å². The molecule has 3 N–H and O–H groups in total. The van der Waals surface area contributed by atoms with E-state index in [4.69, 9.17) is 10.5 Å². The normalized spacial score (nSPS) is 18.2. The lowest BCUT2D eigenvalue weighted by molar-refractivity contribution is 0.0537. The summed E-state index contributed by atoms with van der Waals surface area (Å²) >= 11 is 0. The number of aromatic nitrogens is 3. The Morgan fingerprint density at radius 1 is 1.63 bits per heavy atom. The third-order valence-corrected chi connectivity index (χ3v) is 3.46. The Labute approximate surface area is 112 Å². The topological polar surface area (TPSA) is 95.1 Å². The van der Waals surface area contributed by atoms with Crippen LogP contribution in [0, 0.1) is 5.92 Å². The molecule has 1 amide bonds. The second-order valence-electron chi connectivity index (χ2n) is 4.87. The highest BCUT2D eigenvalue weighted by molar-refractivity contribution is 5.92. The predicted octanol–water partition coefficient (Wildman–Crippen LogP) is -0.218. The van der Waals surface area contributed by atoms with Crippen LogP contribution in [-0.4, -0.2) is 46.7 Å². The maximum atomic E-state index is 12.0. The van der Waals surface area contributed by atoms with Gasteiger partial charge >= 0.3 is 0 Å². The number of carbonyl (C=O) groups excluding carboxylic acids is 1. The Kier molecular flexibility index (Phi) is 4.86. The summed E-state index contributed by atoms with van der Waals surface area (Å²) in [5.74, 6) is 0.291. The van der Waals surface area contributed by atoms with Gasteiger partial charge in [-0.05, 0) is 25.7 Å². The van der Waals surface area contributed by atoms with Crippen LogP contribution in [0.3, 0.4) is 0 Å². The van der Waals surface area contributed by atoms with Gasteiger partial charge in [-0.15, -0.1) is 5.10 Å². The van der Waals surface area contributed by atoms with Crippen molar-refractivity contribution in [3.05, 3.63) is 11.9 Å². The molecule has 0 spiro atoms. The van der Waals surface area contributed by atoms with E-state index in [0.29, 0.717) is 24.7 Å². The van der Waals surface area contributed by atoms with Crippen LogP contribution in [0.25, 0.3) is 0 Å². The summed E-state index contributed by atoms with van der Waals surface area (Å²) in [6, 6.07) is 0.121. The molecule has 0 aliphatic carbocycles. The maximum Gasteiger partial charge on any atom is 0.273 e. The number of hydrogen-bond acceptors (Lipinski definition) is 5. The molecule has 1 fully saturated rings. The number of amides is 1. The van der Waals surface area contributed by atoms with Crippen molar-refractivity contribution in [2.45, 2.75) is 32.4 Å². The quantitative estimate of drug-likeness (QED) is 0.769. The molecule has 1 unspecified atom stereocenters. The van der Waals surface area contributed by atoms with E-state index in [0.717, 1.165) is 26.1 Å². The van der Waals surface area contributed by atoms with Crippen LogP contribution in [0.5, 0.6) is 0 Å². The van der Waals surface area contributed by atoms with Crippen molar-refractivity contribution in [3.8, 4) is 0 Å². The van der Waals surface area contributed by atoms with E-state index in [2.05, 4.69) is 15.6 Å². The molecule has 0 saturated carbocycles. The van der Waals surface area contributed by atoms with Crippen LogP contribution >= 0.6 is 0 Å². The highest BCUT2D eigenvalue weighted by Crippen LogP contribution is 2.18. The zero-order chi connectivity index (χ0) is 13.7. The first-order valence-electron chi connectivity index (χ1n) is 6.69. The number of rotatable bonds is 5. The number of carbonyl (C=O) groups is 1. The fraction of sp³-hybridized carbons (Fsp3) is 0.750. The smallest absolute Gasteiger partial charge is 0.273 e. The van der Waals surface area contributed by atoms with Crippen LogP contribution < -0.4 is 11.1 Å². The first kappa shape index (κ1) is 14.0. The molecular weight excluding hydrogens is 246 g/mol. The minimum Gasteiger partial charge on any atom is -0.381 e. The van der Waals surface area contributed by atoms with E-state index in [1.807, 2.05) is 6.92 Å². The van der Waals surface area contributed by atoms with Crippen molar-refractivity contribution in [2.75, 3.05) is 19.8 Å². The van der Waals surface area contributed by atoms with Crippen LogP contribution in [0.1, 0.15) is 30.3 Å². The second kappa shape index (κ2) is 6.63. The lowest BCUT2D eigenvalue weighted by Gasteiger charge is -2.28. The first-order chi connectivity index (χ1) is 9.20. The molecule has 0 aromatic carbocycles. The number of nitrogens with zero attached hydrogens (tertiary/aromatic N) is 3. The molecule has 1 saturated heterocycles. The highest BCUT2D eigenvalue weighted by Gasteiger charge is 2.23. The first-order valence-corrected chi connectivity index (χ1v) is 6.69. The summed E-state index contributed by atoms with van der Waals surface area (Å²) in [4.78, 5) is 12.0. The number of nitrogens with one attached hydrogen (secondary N) is 1. The Hall–Kier alpha value is -1.47. The Balaban J connectivity index is 1.88. The third kappa shape index (κ3) is 3.74. The molecule has 1 aromatic heterocycles. The lowest BCUT2D eigenvalue weighted by atomic mass is 9.93. The van der Waals surface area contributed by atoms with E-state index in [9.17, 15) is 4.79 Å². The highest BCUT2D eigenvalue weighted by atomic mass is 16.5. The summed E-state index contributed by atoms with van der Waals surface area (Å²) in [5.41, 5.74) is 5.76. The van der Waals surface area contributed by atoms with Gasteiger partial charge in [0.25, 0.3) is 5.91 Å². The molecule has 1 aromatic rings. The molecule has 7 heteroatoms. The van der Waals surface area contributed by atoms with Crippen molar-refractivity contribution in [3.63, 3.8) is 0 Å². The van der Waals surface area contributed by atoms with Gasteiger partial charge < -0.3 is 15.8 Å². The zero-order valence-corrected chi connectivity index (χ0v) is 11.2. The summed E-state index contributed by atoms with van der Waals surface area (Å²) in [5, 5.41) is 10.7. The Morgan fingerprint density at radius 2 is 2.37 bits per heavy atom. The molecule has 2 rings (SSSR count). The average Bonchev–Trinajstić information content (AvgIpc) is 2.89. The van der Waals surface area contributed by atoms with Crippen molar-refractivity contribution in [1.29, 1.82) is 0 Å². The number of hydrogen-bond donors (Lipinski definition) is 2. The standard InChI is InChI=1S/C12H21N5O2/c1-9(10-2-6-19-7-3-10)14-12(18)11-8-17(5-4-13)16-15-11/h8-10H,2-7,13H2,1H3,(H,14,18). The molecule has 7 nitrogen and oxygen atoms in total. The van der Waals surface area contributed by atoms with Gasteiger partial charge in [-0.25, -0.2) is 0 Å². The number of nitrogens with two attached hydrogens (primary N) is 1. The van der Waals surface area contributed by atoms with Crippen molar-refractivity contribution < 1.29 is 9.53 Å². The third-order valence-electron chi connectivity index (χ3n) is 3.46. The van der Waals surface area contributed by atoms with Crippen LogP contribution in [0.4, 0.5) is 0 Å². The summed E-state index contributed by atoms with van der Waals surface area (Å²) in [6.07, 6.45) is 3.60. The van der Waals surface area contributed by atoms with E-state index in [-0.39, 0.29) is 11.9 Å². The number of ether oxygens (including phenoxy) is 1. The monoisotopic (exact) mass is 267 g/mol. The van der Waals surface area contributed by atoms with Gasteiger partial charge in [-0.3, -0.25) is 9.48 Å². The summed E-state index contributed by atoms with van der Waals surface area (Å²) in [7, 11) is 0. The summed E-state index contributed by atoms with van der Waals surface area (Å²) in [6.45, 7) is 4.62.